The molecule has 2 rings (SSSR count). The number of hydrogen-bond acceptors (Lipinski definition) is 4. The predicted octanol–water partition coefficient (Wildman–Crippen LogP) is 3.32. The molecule has 0 amide bonds. The lowest BCUT2D eigenvalue weighted by atomic mass is 10.3. The van der Waals surface area contributed by atoms with Gasteiger partial charge in [-0.1, -0.05) is 11.6 Å². The fourth-order valence-electron chi connectivity index (χ4n) is 1.57. The Bertz CT molecular complexity index is 717. The molecule has 0 atom stereocenters. The number of nitrogens with zero attached hydrogens (tertiary/aromatic N) is 2. The van der Waals surface area contributed by atoms with Gasteiger partial charge >= 0.3 is 0 Å². The average molecular weight is 385 g/mol. The summed E-state index contributed by atoms with van der Waals surface area (Å²) in [6, 6.07) is 1.42. The number of aryl methyl sites for hydroxylation is 2. The zero-order valence-corrected chi connectivity index (χ0v) is 14.3. The molecular weight excluding hydrogens is 374 g/mol. The maximum absolute atomic E-state index is 12.3. The maximum atomic E-state index is 12.3. The zero-order chi connectivity index (χ0) is 14.4. The highest BCUT2D eigenvalue weighted by Gasteiger charge is 2.22. The third-order valence-electron chi connectivity index (χ3n) is 2.63. The number of rotatable bonds is 3. The predicted molar refractivity (Wildman–Crippen MR) is 80.5 cm³/mol. The third-order valence-corrected chi connectivity index (χ3v) is 6.93. The topological polar surface area (TPSA) is 64.0 Å². The highest BCUT2D eigenvalue weighted by molar-refractivity contribution is 9.11. The van der Waals surface area contributed by atoms with Gasteiger partial charge in [0.1, 0.15) is 4.21 Å². The summed E-state index contributed by atoms with van der Waals surface area (Å²) in [7, 11) is -1.88. The first-order valence-corrected chi connectivity index (χ1v) is 8.67. The lowest BCUT2D eigenvalue weighted by Crippen LogP contribution is -2.12. The molecule has 0 unspecified atom stereocenters. The number of hydrogen-bond donors (Lipinski definition) is 1. The van der Waals surface area contributed by atoms with E-state index in [1.54, 1.807) is 25.6 Å². The molecule has 0 aromatic carbocycles. The smallest absolute Gasteiger partial charge is 0.271 e. The highest BCUT2D eigenvalue weighted by atomic mass is 79.9. The normalized spacial score (nSPS) is 11.8. The van der Waals surface area contributed by atoms with Crippen LogP contribution in [0.25, 0.3) is 0 Å². The monoisotopic (exact) mass is 383 g/mol. The largest absolute Gasteiger partial charge is 0.275 e. The minimum atomic E-state index is -3.65. The number of anilines is 1. The number of aromatic nitrogens is 2. The van der Waals surface area contributed by atoms with Crippen molar-refractivity contribution in [2.24, 2.45) is 7.05 Å². The zero-order valence-electron chi connectivity index (χ0n) is 10.4. The summed E-state index contributed by atoms with van der Waals surface area (Å²) in [5.41, 5.74) is 1.89. The molecule has 2 aromatic rings. The van der Waals surface area contributed by atoms with Gasteiger partial charge in [-0.25, -0.2) is 8.42 Å². The number of thiophene rings is 1. The Labute approximate surface area is 128 Å². The van der Waals surface area contributed by atoms with Crippen LogP contribution in [-0.2, 0) is 17.1 Å². The SMILES string of the molecule is Cc1nn(C)c(C)c1NS(=O)(=O)c1cc(Cl)c(Br)s1. The molecule has 19 heavy (non-hydrogen) atoms. The molecule has 0 bridgehead atoms. The van der Waals surface area contributed by atoms with Crippen LogP contribution >= 0.6 is 38.9 Å². The molecular formula is C10H11BrClN3O2S2. The fourth-order valence-corrected chi connectivity index (χ4v) is 5.14. The fraction of sp³-hybridized carbons (Fsp3) is 0.300. The van der Waals surface area contributed by atoms with E-state index in [0.29, 0.717) is 20.2 Å². The summed E-state index contributed by atoms with van der Waals surface area (Å²) in [5, 5.41) is 4.55. The van der Waals surface area contributed by atoms with Crippen LogP contribution in [0.3, 0.4) is 0 Å². The van der Waals surface area contributed by atoms with E-state index in [9.17, 15) is 8.42 Å². The van der Waals surface area contributed by atoms with E-state index in [2.05, 4.69) is 25.8 Å². The van der Waals surface area contributed by atoms with Gasteiger partial charge in [0.05, 0.1) is 25.9 Å². The Hall–Kier alpha value is -0.570. The van der Waals surface area contributed by atoms with Crippen molar-refractivity contribution in [3.8, 4) is 0 Å². The van der Waals surface area contributed by atoms with E-state index in [4.69, 9.17) is 11.6 Å². The van der Waals surface area contributed by atoms with Crippen molar-refractivity contribution in [2.45, 2.75) is 18.1 Å². The van der Waals surface area contributed by atoms with Crippen LogP contribution in [0.4, 0.5) is 5.69 Å². The molecule has 104 valence electrons. The first-order valence-electron chi connectivity index (χ1n) is 5.20. The standard InChI is InChI=1S/C10H11BrClN3O2S2/c1-5-9(6(2)15(3)13-5)14-19(16,17)8-4-7(12)10(11)18-8/h4,14H,1-3H3. The molecule has 0 fully saturated rings. The average Bonchev–Trinajstić information content (AvgIpc) is 2.76. The summed E-state index contributed by atoms with van der Waals surface area (Å²) < 4.78 is 29.5. The highest BCUT2D eigenvalue weighted by Crippen LogP contribution is 2.35. The molecule has 0 aliphatic rings. The first-order chi connectivity index (χ1) is 8.72. The third kappa shape index (κ3) is 2.81. The molecule has 1 N–H and O–H groups in total. The van der Waals surface area contributed by atoms with Crippen molar-refractivity contribution in [1.29, 1.82) is 0 Å². The quantitative estimate of drug-likeness (QED) is 0.883. The van der Waals surface area contributed by atoms with E-state index in [1.807, 2.05) is 0 Å². The number of halogens is 2. The second-order valence-electron chi connectivity index (χ2n) is 3.96. The van der Waals surface area contributed by atoms with Gasteiger partial charge in [-0.15, -0.1) is 11.3 Å². The maximum Gasteiger partial charge on any atom is 0.271 e. The molecule has 0 aliphatic carbocycles. The van der Waals surface area contributed by atoms with Gasteiger partial charge in [0.2, 0.25) is 0 Å². The summed E-state index contributed by atoms with van der Waals surface area (Å²) in [5.74, 6) is 0. The van der Waals surface area contributed by atoms with Crippen molar-refractivity contribution < 1.29 is 8.42 Å². The Morgan fingerprint density at radius 2 is 2.11 bits per heavy atom. The van der Waals surface area contributed by atoms with E-state index in [1.165, 1.54) is 6.07 Å². The lowest BCUT2D eigenvalue weighted by Gasteiger charge is -2.06. The van der Waals surface area contributed by atoms with Crippen molar-refractivity contribution in [3.05, 3.63) is 26.3 Å². The van der Waals surface area contributed by atoms with Crippen molar-refractivity contribution in [1.82, 2.24) is 9.78 Å². The van der Waals surface area contributed by atoms with Crippen molar-refractivity contribution in [2.75, 3.05) is 4.72 Å². The Kier molecular flexibility index (Phi) is 3.97. The Morgan fingerprint density at radius 3 is 2.53 bits per heavy atom. The van der Waals surface area contributed by atoms with Crippen LogP contribution < -0.4 is 4.72 Å². The lowest BCUT2D eigenvalue weighted by molar-refractivity contribution is 0.603. The molecule has 2 aromatic heterocycles. The van der Waals surface area contributed by atoms with Crippen molar-refractivity contribution >= 4 is 54.6 Å². The van der Waals surface area contributed by atoms with Crippen LogP contribution in [0.5, 0.6) is 0 Å². The van der Waals surface area contributed by atoms with Crippen LogP contribution in [-0.4, -0.2) is 18.2 Å². The summed E-state index contributed by atoms with van der Waals surface area (Å²) in [6.45, 7) is 3.55. The van der Waals surface area contributed by atoms with Gasteiger partial charge in [-0.2, -0.15) is 5.10 Å². The second-order valence-corrected chi connectivity index (χ2v) is 8.65. The summed E-state index contributed by atoms with van der Waals surface area (Å²) in [6.07, 6.45) is 0. The summed E-state index contributed by atoms with van der Waals surface area (Å²) in [4.78, 5) is 0. The summed E-state index contributed by atoms with van der Waals surface area (Å²) >= 11 is 10.1. The van der Waals surface area contributed by atoms with Gasteiger partial charge < -0.3 is 0 Å². The van der Waals surface area contributed by atoms with Gasteiger partial charge in [0.25, 0.3) is 10.0 Å². The molecule has 0 aliphatic heterocycles. The van der Waals surface area contributed by atoms with Crippen LogP contribution in [0, 0.1) is 13.8 Å². The van der Waals surface area contributed by atoms with Gasteiger partial charge in [0, 0.05) is 7.05 Å². The molecule has 0 spiro atoms. The molecule has 0 radical (unpaired) electrons. The Balaban J connectivity index is 2.42. The van der Waals surface area contributed by atoms with E-state index in [-0.39, 0.29) is 4.21 Å². The van der Waals surface area contributed by atoms with E-state index < -0.39 is 10.0 Å². The molecule has 0 saturated heterocycles. The second kappa shape index (κ2) is 5.08. The van der Waals surface area contributed by atoms with Crippen LogP contribution in [0.1, 0.15) is 11.4 Å². The minimum absolute atomic E-state index is 0.159. The molecule has 2 heterocycles. The molecule has 9 heteroatoms. The van der Waals surface area contributed by atoms with Gasteiger partial charge in [-0.05, 0) is 35.8 Å². The van der Waals surface area contributed by atoms with E-state index >= 15 is 0 Å². The minimum Gasteiger partial charge on any atom is -0.275 e. The molecule has 5 nitrogen and oxygen atoms in total. The first kappa shape index (κ1) is 14.8. The van der Waals surface area contributed by atoms with Gasteiger partial charge in [-0.3, -0.25) is 9.40 Å². The van der Waals surface area contributed by atoms with Crippen LogP contribution in [0.2, 0.25) is 5.02 Å². The number of sulfonamides is 1. The van der Waals surface area contributed by atoms with Crippen molar-refractivity contribution in [3.63, 3.8) is 0 Å². The molecule has 0 saturated carbocycles. The van der Waals surface area contributed by atoms with E-state index in [0.717, 1.165) is 17.0 Å². The Morgan fingerprint density at radius 1 is 1.47 bits per heavy atom. The van der Waals surface area contributed by atoms with Crippen LogP contribution in [0.15, 0.2) is 14.1 Å². The van der Waals surface area contributed by atoms with Gasteiger partial charge in [0.15, 0.2) is 0 Å². The number of nitrogens with one attached hydrogen (secondary N) is 1.